The Kier molecular flexibility index (Phi) is 4.65. The minimum atomic E-state index is -3.08. The van der Waals surface area contributed by atoms with Crippen LogP contribution in [0.4, 0.5) is 0 Å². The molecule has 0 aliphatic heterocycles. The lowest BCUT2D eigenvalue weighted by molar-refractivity contribution is 0.517. The molecule has 1 aromatic rings. The van der Waals surface area contributed by atoms with E-state index in [0.29, 0.717) is 13.1 Å². The lowest BCUT2D eigenvalue weighted by atomic mass is 10.5. The first kappa shape index (κ1) is 12.6. The summed E-state index contributed by atoms with van der Waals surface area (Å²) in [5, 5.41) is 3.06. The fourth-order valence-electron chi connectivity index (χ4n) is 0.925. The van der Waals surface area contributed by atoms with Gasteiger partial charge in [-0.2, -0.15) is 0 Å². The third kappa shape index (κ3) is 4.25. The second-order valence-electron chi connectivity index (χ2n) is 3.24. The van der Waals surface area contributed by atoms with Crippen LogP contribution in [-0.2, 0) is 16.6 Å². The van der Waals surface area contributed by atoms with Crippen molar-refractivity contribution in [3.05, 3.63) is 16.6 Å². The Morgan fingerprint density at radius 3 is 2.80 bits per heavy atom. The Morgan fingerprint density at radius 2 is 2.27 bits per heavy atom. The summed E-state index contributed by atoms with van der Waals surface area (Å²) in [6, 6.07) is 0. The van der Waals surface area contributed by atoms with Crippen molar-refractivity contribution < 1.29 is 8.42 Å². The van der Waals surface area contributed by atoms with Crippen molar-refractivity contribution in [3.8, 4) is 0 Å². The van der Waals surface area contributed by atoms with E-state index in [1.807, 2.05) is 0 Å². The number of rotatable bonds is 6. The second-order valence-corrected chi connectivity index (χ2v) is 6.52. The number of hydrogen-bond acceptors (Lipinski definition) is 5. The number of nitrogens with zero attached hydrogens (tertiary/aromatic N) is 2. The van der Waals surface area contributed by atoms with Crippen molar-refractivity contribution in [2.75, 3.05) is 26.4 Å². The minimum absolute atomic E-state index is 0.124. The van der Waals surface area contributed by atoms with Gasteiger partial charge in [0.2, 0.25) is 10.0 Å². The molecule has 1 rings (SSSR count). The van der Waals surface area contributed by atoms with Gasteiger partial charge in [-0.25, -0.2) is 12.7 Å². The fraction of sp³-hybridized carbons (Fsp3) is 0.625. The van der Waals surface area contributed by atoms with Crippen LogP contribution in [0.25, 0.3) is 0 Å². The zero-order chi connectivity index (χ0) is 11.3. The zero-order valence-corrected chi connectivity index (χ0v) is 10.4. The van der Waals surface area contributed by atoms with E-state index in [-0.39, 0.29) is 5.75 Å². The molecule has 0 atom stereocenters. The first-order valence-electron chi connectivity index (χ1n) is 4.50. The van der Waals surface area contributed by atoms with Crippen LogP contribution in [0.2, 0.25) is 0 Å². The maximum absolute atomic E-state index is 11.4. The van der Waals surface area contributed by atoms with Crippen LogP contribution in [0.15, 0.2) is 11.7 Å². The Morgan fingerprint density at radius 1 is 1.53 bits per heavy atom. The van der Waals surface area contributed by atoms with Gasteiger partial charge in [0.15, 0.2) is 0 Å². The molecule has 7 heteroatoms. The van der Waals surface area contributed by atoms with Gasteiger partial charge in [-0.3, -0.25) is 4.98 Å². The zero-order valence-electron chi connectivity index (χ0n) is 8.80. The molecule has 1 N–H and O–H groups in total. The third-order valence-electron chi connectivity index (χ3n) is 1.88. The van der Waals surface area contributed by atoms with Gasteiger partial charge in [0.05, 0.1) is 11.3 Å². The van der Waals surface area contributed by atoms with Crippen LogP contribution in [0.3, 0.4) is 0 Å². The number of aromatic nitrogens is 1. The molecular formula is C8H15N3O2S2. The molecule has 0 saturated carbocycles. The van der Waals surface area contributed by atoms with Crippen LogP contribution in [-0.4, -0.2) is 44.1 Å². The smallest absolute Gasteiger partial charge is 0.214 e. The van der Waals surface area contributed by atoms with Crippen LogP contribution >= 0.6 is 11.3 Å². The van der Waals surface area contributed by atoms with Gasteiger partial charge in [-0.1, -0.05) is 0 Å². The van der Waals surface area contributed by atoms with Crippen LogP contribution in [0, 0.1) is 0 Å². The van der Waals surface area contributed by atoms with E-state index in [9.17, 15) is 8.42 Å². The molecule has 0 saturated heterocycles. The summed E-state index contributed by atoms with van der Waals surface area (Å²) in [6.07, 6.45) is 1.78. The van der Waals surface area contributed by atoms with E-state index in [2.05, 4.69) is 10.3 Å². The predicted octanol–water partition coefficient (Wildman–Crippen LogP) is 0.124. The molecule has 1 heterocycles. The van der Waals surface area contributed by atoms with Crippen LogP contribution < -0.4 is 5.32 Å². The van der Waals surface area contributed by atoms with E-state index in [1.165, 1.54) is 4.31 Å². The summed E-state index contributed by atoms with van der Waals surface area (Å²) in [4.78, 5) is 5.04. The van der Waals surface area contributed by atoms with E-state index in [4.69, 9.17) is 0 Å². The number of hydrogen-bond donors (Lipinski definition) is 1. The number of sulfonamides is 1. The average molecular weight is 249 g/mol. The summed E-state index contributed by atoms with van der Waals surface area (Å²) in [7, 11) is -0.000240. The summed E-state index contributed by atoms with van der Waals surface area (Å²) >= 11 is 1.55. The Bertz CT molecular complexity index is 373. The van der Waals surface area contributed by atoms with Crippen LogP contribution in [0.5, 0.6) is 0 Å². The first-order chi connectivity index (χ1) is 7.02. The van der Waals surface area contributed by atoms with Crippen molar-refractivity contribution in [2.24, 2.45) is 0 Å². The quantitative estimate of drug-likeness (QED) is 0.728. The maximum Gasteiger partial charge on any atom is 0.214 e. The van der Waals surface area contributed by atoms with E-state index in [1.54, 1.807) is 37.1 Å². The number of nitrogens with one attached hydrogen (secondary N) is 1. The van der Waals surface area contributed by atoms with E-state index < -0.39 is 10.0 Å². The monoisotopic (exact) mass is 249 g/mol. The van der Waals surface area contributed by atoms with Gasteiger partial charge in [-0.15, -0.1) is 11.3 Å². The predicted molar refractivity (Wildman–Crippen MR) is 61.3 cm³/mol. The highest BCUT2D eigenvalue weighted by Gasteiger charge is 2.12. The summed E-state index contributed by atoms with van der Waals surface area (Å²) in [5.41, 5.74) is 1.76. The summed E-state index contributed by atoms with van der Waals surface area (Å²) < 4.78 is 24.0. The molecule has 0 aromatic carbocycles. The molecule has 1 aromatic heterocycles. The second kappa shape index (κ2) is 5.55. The molecule has 86 valence electrons. The Balaban J connectivity index is 2.23. The van der Waals surface area contributed by atoms with Gasteiger partial charge in [-0.05, 0) is 0 Å². The molecule has 0 aliphatic carbocycles. The van der Waals surface area contributed by atoms with Crippen LogP contribution in [0.1, 0.15) is 4.88 Å². The molecule has 0 radical (unpaired) electrons. The lowest BCUT2D eigenvalue weighted by Crippen LogP contribution is -2.30. The van der Waals surface area contributed by atoms with Crippen molar-refractivity contribution in [1.29, 1.82) is 0 Å². The Hall–Kier alpha value is -0.500. The van der Waals surface area contributed by atoms with Gasteiger partial charge in [0.25, 0.3) is 0 Å². The Labute approximate surface area is 94.2 Å². The molecule has 0 fully saturated rings. The summed E-state index contributed by atoms with van der Waals surface area (Å²) in [6.45, 7) is 1.13. The van der Waals surface area contributed by atoms with Crippen molar-refractivity contribution >= 4 is 21.4 Å². The topological polar surface area (TPSA) is 62.3 Å². The standard InChI is InChI=1S/C8H15N3O2S2/c1-11(2)15(12,13)4-3-9-5-8-6-10-7-14-8/h6-7,9H,3-5H2,1-2H3. The fourth-order valence-corrected chi connectivity index (χ4v) is 2.26. The minimum Gasteiger partial charge on any atom is -0.311 e. The van der Waals surface area contributed by atoms with Crippen molar-refractivity contribution in [3.63, 3.8) is 0 Å². The average Bonchev–Trinajstić information content (AvgIpc) is 2.64. The highest BCUT2D eigenvalue weighted by molar-refractivity contribution is 7.89. The highest BCUT2D eigenvalue weighted by atomic mass is 32.2. The van der Waals surface area contributed by atoms with Gasteiger partial charge < -0.3 is 5.32 Å². The molecule has 0 amide bonds. The molecular weight excluding hydrogens is 234 g/mol. The van der Waals surface area contributed by atoms with E-state index in [0.717, 1.165) is 4.88 Å². The highest BCUT2D eigenvalue weighted by Crippen LogP contribution is 2.03. The third-order valence-corrected chi connectivity index (χ3v) is 4.49. The molecule has 5 nitrogen and oxygen atoms in total. The molecule has 0 bridgehead atoms. The van der Waals surface area contributed by atoms with Crippen molar-refractivity contribution in [2.45, 2.75) is 6.54 Å². The maximum atomic E-state index is 11.4. The van der Waals surface area contributed by atoms with Crippen molar-refractivity contribution in [1.82, 2.24) is 14.6 Å². The largest absolute Gasteiger partial charge is 0.311 e. The summed E-state index contributed by atoms with van der Waals surface area (Å²) in [5.74, 6) is 0.124. The first-order valence-corrected chi connectivity index (χ1v) is 6.99. The molecule has 0 spiro atoms. The molecule has 15 heavy (non-hydrogen) atoms. The van der Waals surface area contributed by atoms with E-state index >= 15 is 0 Å². The lowest BCUT2D eigenvalue weighted by Gasteiger charge is -2.10. The van der Waals surface area contributed by atoms with Gasteiger partial charge in [0, 0.05) is 38.3 Å². The SMILES string of the molecule is CN(C)S(=O)(=O)CCNCc1cncs1. The molecule has 0 aliphatic rings. The normalized spacial score (nSPS) is 12.2. The van der Waals surface area contributed by atoms with Gasteiger partial charge in [0.1, 0.15) is 0 Å². The molecule has 0 unspecified atom stereocenters. The van der Waals surface area contributed by atoms with Gasteiger partial charge >= 0.3 is 0 Å². The number of thiazole rings is 1.